The van der Waals surface area contributed by atoms with E-state index in [1.54, 1.807) is 0 Å². The van der Waals surface area contributed by atoms with Crippen LogP contribution in [0.4, 0.5) is 12.9 Å². The zero-order valence-electron chi connectivity index (χ0n) is 8.21. The Labute approximate surface area is 90.9 Å². The van der Waals surface area contributed by atoms with Gasteiger partial charge in [0.1, 0.15) is 0 Å². The highest BCUT2D eigenvalue weighted by Crippen LogP contribution is 2.09. The molecule has 1 rings (SSSR count). The molecule has 0 saturated carbocycles. The molecule has 0 aliphatic rings. The summed E-state index contributed by atoms with van der Waals surface area (Å²) >= 11 is 0. The van der Waals surface area contributed by atoms with Gasteiger partial charge in [-0.3, -0.25) is 4.79 Å². The highest BCUT2D eigenvalue weighted by molar-refractivity contribution is 6.73. The number of carbonyl (C=O) groups excluding carboxylic acids is 1. The van der Waals surface area contributed by atoms with Crippen LogP contribution in [0, 0.1) is 12.3 Å². The second-order valence-corrected chi connectivity index (χ2v) is 3.08. The lowest BCUT2D eigenvalue weighted by atomic mass is 9.80. The Morgan fingerprint density at radius 1 is 1.31 bits per heavy atom. The van der Waals surface area contributed by atoms with E-state index in [4.69, 9.17) is 6.42 Å². The number of nitrogens with one attached hydrogen (secondary N) is 1. The summed E-state index contributed by atoms with van der Waals surface area (Å²) in [6, 6.07) is 4.00. The topological polar surface area (TPSA) is 29.1 Å². The van der Waals surface area contributed by atoms with Crippen LogP contribution in [0.3, 0.4) is 0 Å². The molecule has 0 aromatic heterocycles. The van der Waals surface area contributed by atoms with Gasteiger partial charge in [-0.25, -0.2) is 0 Å². The number of hydrogen-bond acceptors (Lipinski definition) is 1. The molecule has 1 aromatic rings. The first-order chi connectivity index (χ1) is 7.45. The third-order valence-electron chi connectivity index (χ3n) is 1.90. The van der Waals surface area contributed by atoms with Gasteiger partial charge in [0.15, 0.2) is 0 Å². The van der Waals surface area contributed by atoms with Crippen LogP contribution in [0.1, 0.15) is 10.4 Å². The second kappa shape index (κ2) is 4.75. The molecule has 2 nitrogen and oxygen atoms in total. The monoisotopic (exact) mass is 226 g/mol. The van der Waals surface area contributed by atoms with Gasteiger partial charge in [-0.1, -0.05) is 30.2 Å². The molecule has 0 radical (unpaired) electrons. The number of benzene rings is 1. The van der Waals surface area contributed by atoms with Crippen LogP contribution in [-0.2, 0) is 0 Å². The first-order valence-electron chi connectivity index (χ1n) is 4.46. The first-order valence-corrected chi connectivity index (χ1v) is 4.46. The third kappa shape index (κ3) is 3.06. The summed E-state index contributed by atoms with van der Waals surface area (Å²) in [7, 11) is 0. The smallest absolute Gasteiger partial charge is 0.445 e. The Kier molecular flexibility index (Phi) is 3.62. The fourth-order valence-electron chi connectivity index (χ4n) is 1.09. The van der Waals surface area contributed by atoms with Crippen molar-refractivity contribution >= 4 is 18.3 Å². The van der Waals surface area contributed by atoms with E-state index in [2.05, 4.69) is 11.2 Å². The van der Waals surface area contributed by atoms with Crippen molar-refractivity contribution in [2.24, 2.45) is 0 Å². The fraction of sp³-hybridized carbons (Fsp3) is 0.100. The van der Waals surface area contributed by atoms with Crippen molar-refractivity contribution in [2.45, 2.75) is 0 Å². The van der Waals surface area contributed by atoms with Gasteiger partial charge in [-0.15, -0.1) is 11.9 Å². The van der Waals surface area contributed by atoms with Gasteiger partial charge in [-0.05, 0) is 0 Å². The first kappa shape index (κ1) is 12.2. The summed E-state index contributed by atoms with van der Waals surface area (Å²) in [5, 5.41) is 2.36. The van der Waals surface area contributed by atoms with Crippen molar-refractivity contribution in [1.82, 2.24) is 5.32 Å². The van der Waals surface area contributed by atoms with Crippen LogP contribution >= 0.6 is 0 Å². The third-order valence-corrected chi connectivity index (χ3v) is 1.90. The maximum Gasteiger partial charge on any atom is 0.509 e. The Bertz CT molecular complexity index is 419. The van der Waals surface area contributed by atoms with Crippen LogP contribution in [0.5, 0.6) is 0 Å². The quantitative estimate of drug-likeness (QED) is 0.606. The van der Waals surface area contributed by atoms with Crippen LogP contribution in [0.2, 0.25) is 0 Å². The predicted molar refractivity (Wildman–Crippen MR) is 56.3 cm³/mol. The molecule has 0 heterocycles. The number of halogens is 3. The van der Waals surface area contributed by atoms with Crippen molar-refractivity contribution in [3.05, 3.63) is 29.8 Å². The average Bonchev–Trinajstić information content (AvgIpc) is 2.25. The minimum Gasteiger partial charge on any atom is -0.445 e. The summed E-state index contributed by atoms with van der Waals surface area (Å²) < 4.78 is 36.8. The molecule has 1 aromatic carbocycles. The molecule has 0 aliphatic heterocycles. The number of amides is 1. The van der Waals surface area contributed by atoms with E-state index in [0.29, 0.717) is 0 Å². The average molecular weight is 226 g/mol. The summed E-state index contributed by atoms with van der Waals surface area (Å²) in [5.74, 6) is 1.71. The van der Waals surface area contributed by atoms with E-state index < -0.39 is 18.3 Å². The molecule has 16 heavy (non-hydrogen) atoms. The minimum absolute atomic E-state index is 0.0454. The van der Waals surface area contributed by atoms with Crippen LogP contribution in [0.25, 0.3) is 0 Å². The Morgan fingerprint density at radius 3 is 2.31 bits per heavy atom. The molecule has 0 aliphatic carbocycles. The van der Waals surface area contributed by atoms with Crippen molar-refractivity contribution in [1.29, 1.82) is 0 Å². The van der Waals surface area contributed by atoms with E-state index >= 15 is 0 Å². The lowest BCUT2D eigenvalue weighted by molar-refractivity contribution is 0.0958. The molecule has 0 spiro atoms. The van der Waals surface area contributed by atoms with E-state index in [1.807, 2.05) is 0 Å². The fourth-order valence-corrected chi connectivity index (χ4v) is 1.09. The van der Waals surface area contributed by atoms with Crippen molar-refractivity contribution in [3.63, 3.8) is 0 Å². The standard InChI is InChI=1S/C10H8BF3NO/c1-2-7-15-10(16)8-3-5-9(6-4-8)11(12,13)14/h1,3-6H,7H2,(H,15,16)/q-1. The van der Waals surface area contributed by atoms with Gasteiger partial charge in [0.2, 0.25) is 0 Å². The zero-order chi connectivity index (χ0) is 12.2. The highest BCUT2D eigenvalue weighted by Gasteiger charge is 2.25. The van der Waals surface area contributed by atoms with Crippen LogP contribution in [0.15, 0.2) is 24.3 Å². The van der Waals surface area contributed by atoms with Crippen molar-refractivity contribution in [3.8, 4) is 12.3 Å². The Balaban J connectivity index is 2.80. The normalized spacial score (nSPS) is 10.6. The van der Waals surface area contributed by atoms with E-state index in [9.17, 15) is 17.7 Å². The number of terminal acetylenes is 1. The van der Waals surface area contributed by atoms with E-state index in [-0.39, 0.29) is 12.1 Å². The number of rotatable bonds is 3. The van der Waals surface area contributed by atoms with Gasteiger partial charge >= 0.3 is 6.98 Å². The molecule has 0 atom stereocenters. The maximum absolute atomic E-state index is 12.3. The van der Waals surface area contributed by atoms with Gasteiger partial charge in [0, 0.05) is 5.56 Å². The molecule has 0 unspecified atom stereocenters. The molecule has 0 fully saturated rings. The van der Waals surface area contributed by atoms with Gasteiger partial charge < -0.3 is 18.3 Å². The minimum atomic E-state index is -5.02. The SMILES string of the molecule is C#CCNC(=O)c1ccc([B-](F)(F)F)cc1. The van der Waals surface area contributed by atoms with Gasteiger partial charge in [-0.2, -0.15) is 0 Å². The second-order valence-electron chi connectivity index (χ2n) is 3.08. The summed E-state index contributed by atoms with van der Waals surface area (Å²) in [4.78, 5) is 11.3. The molecule has 6 heteroatoms. The highest BCUT2D eigenvalue weighted by atomic mass is 19.4. The number of carbonyl (C=O) groups is 1. The largest absolute Gasteiger partial charge is 0.509 e. The van der Waals surface area contributed by atoms with Crippen molar-refractivity contribution < 1.29 is 17.7 Å². The molecule has 0 saturated heterocycles. The summed E-state index contributed by atoms with van der Waals surface area (Å²) in [6.45, 7) is -4.97. The molecular formula is C10H8BF3NO-. The lowest BCUT2D eigenvalue weighted by Crippen LogP contribution is -2.34. The Morgan fingerprint density at radius 2 is 1.88 bits per heavy atom. The van der Waals surface area contributed by atoms with Gasteiger partial charge in [0.25, 0.3) is 5.91 Å². The molecule has 1 N–H and O–H groups in total. The summed E-state index contributed by atoms with van der Waals surface area (Å²) in [5.41, 5.74) is -0.576. The maximum atomic E-state index is 12.3. The Hall–Kier alpha value is -1.90. The molecule has 0 bridgehead atoms. The van der Waals surface area contributed by atoms with Crippen LogP contribution < -0.4 is 10.8 Å². The van der Waals surface area contributed by atoms with Crippen molar-refractivity contribution in [2.75, 3.05) is 6.54 Å². The molecular weight excluding hydrogens is 218 g/mol. The van der Waals surface area contributed by atoms with Gasteiger partial charge in [0.05, 0.1) is 6.54 Å². The number of hydrogen-bond donors (Lipinski definition) is 1. The zero-order valence-corrected chi connectivity index (χ0v) is 8.21. The van der Waals surface area contributed by atoms with E-state index in [1.165, 1.54) is 0 Å². The summed E-state index contributed by atoms with van der Waals surface area (Å²) in [6.07, 6.45) is 4.93. The molecule has 1 amide bonds. The predicted octanol–water partition coefficient (Wildman–Crippen LogP) is 1.10. The van der Waals surface area contributed by atoms with Crippen LogP contribution in [-0.4, -0.2) is 19.4 Å². The molecule has 84 valence electrons. The van der Waals surface area contributed by atoms with E-state index in [0.717, 1.165) is 24.3 Å². The lowest BCUT2D eigenvalue weighted by Gasteiger charge is -2.14.